The number of carbonyl (C=O) groups is 1. The van der Waals surface area contributed by atoms with E-state index in [2.05, 4.69) is 192 Å². The standard InChI is InChI=1S/C22H23N5.C18H15ClN2O2S.C15H16BrN5.C15H17N5.C7H7BrN4.C5H3BrN4.CH3I.CH2O3.BHNS.Cs.O2S/c1-15-6-8-16(9-7-15)21-20(17-10-12-18(13-11-17)26(2)3)24-19(14-23)22(25-21)27(4)5;1-12-3-4-14(10-20-12)18-17(9-15(19)11-21-18)13-5-7-16(8-6-13)24(2,22)23;1-20(2)11-7-5-10(6-8-11)13-14(16)19-15(21(3)4)12(9-17)18-13;1-19(2)12-7-5-11(6-8-12)14-10-17-15(20(3)4)13(9-16)18-14;1-12(2)7-5(3-9)11-6(8)4-10-7;6-4-2-9-5(8)3(1-7)10-4;1-2;2-1-4-3;1-2-3;;1-3-2/h6-13H,1-5H3;3-11H,1-2H3;5-8H,1-4H3;5-8,10H,1-4H3;4H,1-2H3;2H,(H2,8,9);1H3;1,3H;3H;;/q;;;;;;;;;+1;/p-1. The Morgan fingerprint density at radius 3 is 1.23 bits per heavy atom. The van der Waals surface area contributed by atoms with Crippen LogP contribution in [0.3, 0.4) is 0 Å². The summed E-state index contributed by atoms with van der Waals surface area (Å²) in [5.74, 6) is 2.45. The second-order valence-corrected chi connectivity index (χ2v) is 31.8. The largest absolute Gasteiger partial charge is 1.00 e. The minimum Gasteiger partial charge on any atom is 1.00 e. The number of aryl methyl sites for hydroxylation is 2. The van der Waals surface area contributed by atoms with Crippen LogP contribution in [0.4, 0.5) is 46.2 Å². The van der Waals surface area contributed by atoms with Crippen LogP contribution in [-0.4, -0.2) is 201 Å². The molecular formula is C84H86BBr3ClCsIN26O7S3. The maximum Gasteiger partial charge on any atom is 1.00 e. The smallest absolute Gasteiger partial charge is 1.00 e. The molecule has 0 fully saturated rings. The van der Waals surface area contributed by atoms with Crippen molar-refractivity contribution in [2.24, 2.45) is 4.30 Å². The van der Waals surface area contributed by atoms with E-state index in [-0.39, 0.29) is 91.8 Å². The molecule has 2 N–H and O–H groups in total. The van der Waals surface area contributed by atoms with Crippen LogP contribution in [0.5, 0.6) is 0 Å². The summed E-state index contributed by atoms with van der Waals surface area (Å²) in [5.41, 5.74) is 22.1. The normalized spacial score (nSPS) is 9.57. The van der Waals surface area contributed by atoms with E-state index in [4.69, 9.17) is 56.6 Å². The molecule has 33 nitrogen and oxygen atoms in total. The van der Waals surface area contributed by atoms with E-state index in [0.717, 1.165) is 73.1 Å². The van der Waals surface area contributed by atoms with Crippen molar-refractivity contribution >= 4 is 176 Å². The van der Waals surface area contributed by atoms with E-state index in [0.29, 0.717) is 82.0 Å². The van der Waals surface area contributed by atoms with Crippen LogP contribution in [0.25, 0.3) is 67.4 Å². The molecule has 651 valence electrons. The van der Waals surface area contributed by atoms with E-state index in [1.807, 2.05) is 245 Å². The zero-order valence-corrected chi connectivity index (χ0v) is 89.1. The number of nitrogens with two attached hydrogens (primary N) is 1. The number of hydrogen-bond acceptors (Lipinski definition) is 34. The Morgan fingerprint density at radius 1 is 0.480 bits per heavy atom. The van der Waals surface area contributed by atoms with Gasteiger partial charge in [0.2, 0.25) is 0 Å². The molecule has 0 atom stereocenters. The summed E-state index contributed by atoms with van der Waals surface area (Å²) in [6, 6.07) is 54.8. The number of nitrogens with zero attached hydrogens (tertiary/aromatic N) is 25. The molecule has 7 aromatic heterocycles. The van der Waals surface area contributed by atoms with Crippen molar-refractivity contribution in [1.82, 2.24) is 59.8 Å². The number of rotatable bonds is 15. The predicted molar refractivity (Wildman–Crippen MR) is 517 cm³/mol. The quantitative estimate of drug-likeness (QED) is 0.0183. The van der Waals surface area contributed by atoms with E-state index >= 15 is 0 Å². The number of hydrogen-bond donors (Lipinski definition) is 2. The first-order valence-corrected chi connectivity index (χ1v) is 43.9. The van der Waals surface area contributed by atoms with Crippen LogP contribution in [0.1, 0.15) is 39.7 Å². The predicted octanol–water partition coefficient (Wildman–Crippen LogP) is 11.2. The average molecular weight is 2210 g/mol. The molecule has 5 aromatic carbocycles. The molecule has 43 heteroatoms. The second-order valence-electron chi connectivity index (χ2n) is 26.6. The van der Waals surface area contributed by atoms with Crippen molar-refractivity contribution in [3.63, 3.8) is 0 Å². The Labute approximate surface area is 852 Å². The summed E-state index contributed by atoms with van der Waals surface area (Å²) in [5, 5.41) is 54.0. The van der Waals surface area contributed by atoms with Gasteiger partial charge in [0.1, 0.15) is 49.8 Å². The van der Waals surface area contributed by atoms with Crippen molar-refractivity contribution in [2.45, 2.75) is 18.7 Å². The number of halogens is 5. The third kappa shape index (κ3) is 36.3. The van der Waals surface area contributed by atoms with Crippen molar-refractivity contribution < 1.29 is 101 Å². The van der Waals surface area contributed by atoms with Gasteiger partial charge in [0, 0.05) is 173 Å². The summed E-state index contributed by atoms with van der Waals surface area (Å²) < 4.78 is 44.2. The van der Waals surface area contributed by atoms with Crippen LogP contribution in [0.15, 0.2) is 194 Å². The van der Waals surface area contributed by atoms with Gasteiger partial charge in [0.05, 0.1) is 51.3 Å². The number of nitrogen functional groups attached to an aromatic ring is 1. The zero-order valence-electron chi connectivity index (χ0n) is 72.6. The Kier molecular flexibility index (Phi) is 51.5. The van der Waals surface area contributed by atoms with Gasteiger partial charge in [-0.05, 0) is 139 Å². The van der Waals surface area contributed by atoms with Crippen LogP contribution < -0.4 is 114 Å². The van der Waals surface area contributed by atoms with Crippen molar-refractivity contribution in [1.29, 1.82) is 26.3 Å². The number of sulfone groups is 1. The fourth-order valence-corrected chi connectivity index (χ4v) is 12.0. The first-order valence-electron chi connectivity index (χ1n) is 36.1. The van der Waals surface area contributed by atoms with Gasteiger partial charge in [0.15, 0.2) is 67.4 Å². The van der Waals surface area contributed by atoms with Crippen LogP contribution >= 0.6 is 94.8 Å². The molecule has 12 rings (SSSR count). The Bertz CT molecular complexity index is 5980. The molecular weight excluding hydrogens is 2130 g/mol. The van der Waals surface area contributed by atoms with E-state index in [9.17, 15) is 18.9 Å². The molecule has 12 aromatic rings. The number of carbonyl (C=O) groups excluding carboxylic acids is 1. The molecule has 127 heavy (non-hydrogen) atoms. The molecule has 0 aliphatic rings. The Balaban J connectivity index is 0.000000512. The molecule has 0 aliphatic heterocycles. The van der Waals surface area contributed by atoms with Gasteiger partial charge in [-0.25, -0.2) is 58.3 Å². The zero-order chi connectivity index (χ0) is 94.7. The van der Waals surface area contributed by atoms with Crippen molar-refractivity contribution in [3.8, 4) is 97.8 Å². The number of pyridine rings is 2. The third-order valence-electron chi connectivity index (χ3n) is 16.2. The third-order valence-corrected chi connectivity index (χ3v) is 18.8. The molecule has 0 bridgehead atoms. The number of benzene rings is 5. The fraction of sp³-hybridized carbons (Fsp3) is 0.214. The van der Waals surface area contributed by atoms with Crippen molar-refractivity contribution in [2.75, 3.05) is 150 Å². The van der Waals surface area contributed by atoms with Gasteiger partial charge < -0.3 is 50.2 Å². The topological polar surface area (TPSA) is 452 Å². The van der Waals surface area contributed by atoms with Crippen LogP contribution in [0.2, 0.25) is 5.02 Å². The molecule has 0 aliphatic carbocycles. The summed E-state index contributed by atoms with van der Waals surface area (Å²) in [4.78, 5) is 78.0. The maximum absolute atomic E-state index is 11.6. The SMILES string of the molecule is CI.CN(C)c1ccc(-c2cnc(N(C)C)c(C#N)n2)cc1.CN(C)c1ccc(-c2nc(C#N)c(N(C)C)nc2Br)cc1.CN(C)c1ncc(Br)nc1C#N.Cc1ccc(-c2nc(N(C)C)c(C#N)nc2-c2ccc(N(C)C)cc2)cc1.Cc1ccc(-c2ncc(Cl)cc2-c2ccc(S(C)(=O)=O)cc2)cn1.N#Cc1nc(Br)cnc1N.O=CO[O-].O=S=O.[B]=NS.[Cs+]. The van der Waals surface area contributed by atoms with Gasteiger partial charge in [-0.15, -0.1) is 0 Å². The summed E-state index contributed by atoms with van der Waals surface area (Å²) in [6.07, 6.45) is 9.24. The van der Waals surface area contributed by atoms with Gasteiger partial charge >= 0.3 is 105 Å². The number of thiol groups is 1. The van der Waals surface area contributed by atoms with Crippen LogP contribution in [0, 0.1) is 70.5 Å². The molecule has 0 spiro atoms. The van der Waals surface area contributed by atoms with E-state index < -0.39 is 21.4 Å². The van der Waals surface area contributed by atoms with Gasteiger partial charge in [-0.1, -0.05) is 113 Å². The molecule has 1 radical (unpaired) electrons. The van der Waals surface area contributed by atoms with Crippen molar-refractivity contribution in [3.05, 3.63) is 229 Å². The number of anilines is 8. The van der Waals surface area contributed by atoms with Gasteiger partial charge in [-0.2, -0.15) is 34.7 Å². The maximum atomic E-state index is 11.6. The average Bonchev–Trinajstić information content (AvgIpc) is 0.786. The number of nitriles is 5. The first kappa shape index (κ1) is 113. The monoisotopic (exact) mass is 2210 g/mol. The number of aromatic nitrogens is 12. The Morgan fingerprint density at radius 2 is 0.835 bits per heavy atom. The fourth-order valence-electron chi connectivity index (χ4n) is 10.2. The summed E-state index contributed by atoms with van der Waals surface area (Å²) in [6.45, 7) is 3.80. The molecule has 0 amide bonds. The van der Waals surface area contributed by atoms with Gasteiger partial charge in [-0.3, -0.25) is 14.8 Å². The minimum atomic E-state index is -3.23. The summed E-state index contributed by atoms with van der Waals surface area (Å²) >= 11 is 20.3. The number of alkyl halides is 1. The minimum absolute atomic E-state index is 0. The molecule has 0 unspecified atom stereocenters. The van der Waals surface area contributed by atoms with Gasteiger partial charge in [0.25, 0.3) is 6.47 Å². The van der Waals surface area contributed by atoms with E-state index in [1.165, 1.54) is 18.0 Å². The summed E-state index contributed by atoms with van der Waals surface area (Å²) in [7, 11) is 27.8. The molecule has 0 saturated carbocycles. The molecule has 7 heterocycles. The second kappa shape index (κ2) is 58.1. The first-order chi connectivity index (χ1) is 59.8. The Hall–Kier alpha value is -10.4. The van der Waals surface area contributed by atoms with E-state index in [1.54, 1.807) is 63.8 Å². The van der Waals surface area contributed by atoms with Crippen LogP contribution in [-0.2, 0) is 31.1 Å². The molecule has 0 saturated heterocycles.